The third kappa shape index (κ3) is 5.69. The second-order valence-electron chi connectivity index (χ2n) is 5.97. The van der Waals surface area contributed by atoms with Crippen LogP contribution in [0.25, 0.3) is 0 Å². The Morgan fingerprint density at radius 2 is 1.92 bits per heavy atom. The number of rotatable bonds is 7. The number of carbonyl (C=O) groups excluding carboxylic acids is 1. The van der Waals surface area contributed by atoms with Crippen molar-refractivity contribution < 1.29 is 14.3 Å². The van der Waals surface area contributed by atoms with E-state index in [4.69, 9.17) is 9.47 Å². The van der Waals surface area contributed by atoms with Crippen molar-refractivity contribution in [3.63, 3.8) is 0 Å². The number of amides is 1. The number of nitrogens with one attached hydrogen (secondary N) is 1. The quantitative estimate of drug-likeness (QED) is 0.742. The lowest BCUT2D eigenvalue weighted by Crippen LogP contribution is -2.20. The molecule has 1 aliphatic rings. The van der Waals surface area contributed by atoms with E-state index in [-0.39, 0.29) is 12.5 Å². The van der Waals surface area contributed by atoms with Crippen LogP contribution in [-0.4, -0.2) is 31.1 Å². The predicted octanol–water partition coefficient (Wildman–Crippen LogP) is 4.72. The largest absolute Gasteiger partial charge is 0.484 e. The summed E-state index contributed by atoms with van der Waals surface area (Å²) < 4.78 is 11.2. The number of hydrogen-bond acceptors (Lipinski definition) is 5. The molecular weight excluding hydrogens is 366 g/mol. The van der Waals surface area contributed by atoms with Crippen molar-refractivity contribution in [3.8, 4) is 5.75 Å². The van der Waals surface area contributed by atoms with E-state index in [2.05, 4.69) is 17.4 Å². The van der Waals surface area contributed by atoms with Crippen molar-refractivity contribution in [2.75, 3.05) is 30.5 Å². The maximum atomic E-state index is 12.1. The van der Waals surface area contributed by atoms with Crippen LogP contribution in [0.4, 0.5) is 5.69 Å². The summed E-state index contributed by atoms with van der Waals surface area (Å²) in [6.07, 6.45) is 1.29. The summed E-state index contributed by atoms with van der Waals surface area (Å²) in [5.74, 6) is 2.98. The molecule has 1 fully saturated rings. The standard InChI is InChI=1S/C20H23NO3S2/c1-23-13-15-4-2-5-17(12-15)21-19(22)14-24-18-8-6-16(7-9-18)20-25-10-3-11-26-20/h2,4-9,12,20H,3,10-11,13-14H2,1H3,(H,21,22). The number of benzene rings is 2. The van der Waals surface area contributed by atoms with Crippen molar-refractivity contribution in [3.05, 3.63) is 59.7 Å². The van der Waals surface area contributed by atoms with E-state index in [1.165, 1.54) is 23.5 Å². The third-order valence-corrected chi connectivity index (χ3v) is 6.89. The molecule has 1 amide bonds. The molecule has 138 valence electrons. The fourth-order valence-corrected chi connectivity index (χ4v) is 5.55. The highest BCUT2D eigenvalue weighted by molar-refractivity contribution is 8.16. The zero-order chi connectivity index (χ0) is 18.2. The summed E-state index contributed by atoms with van der Waals surface area (Å²) in [4.78, 5) is 12.1. The summed E-state index contributed by atoms with van der Waals surface area (Å²) in [6.45, 7) is 0.505. The zero-order valence-corrected chi connectivity index (χ0v) is 16.4. The van der Waals surface area contributed by atoms with Gasteiger partial charge < -0.3 is 14.8 Å². The zero-order valence-electron chi connectivity index (χ0n) is 14.8. The molecule has 1 N–H and O–H groups in total. The normalized spacial score (nSPS) is 14.8. The second kappa shape index (κ2) is 9.90. The van der Waals surface area contributed by atoms with E-state index in [9.17, 15) is 4.79 Å². The van der Waals surface area contributed by atoms with E-state index >= 15 is 0 Å². The van der Waals surface area contributed by atoms with Crippen LogP contribution >= 0.6 is 23.5 Å². The van der Waals surface area contributed by atoms with Crippen LogP contribution in [0.15, 0.2) is 48.5 Å². The Kier molecular flexibility index (Phi) is 7.29. The van der Waals surface area contributed by atoms with Crippen LogP contribution < -0.4 is 10.1 Å². The monoisotopic (exact) mass is 389 g/mol. The smallest absolute Gasteiger partial charge is 0.262 e. The van der Waals surface area contributed by atoms with Gasteiger partial charge in [0.2, 0.25) is 0 Å². The minimum atomic E-state index is -0.179. The Labute approximate surface area is 163 Å². The van der Waals surface area contributed by atoms with Crippen LogP contribution in [0, 0.1) is 0 Å². The Morgan fingerprint density at radius 1 is 1.15 bits per heavy atom. The minimum absolute atomic E-state index is 0.0131. The first kappa shape index (κ1) is 19.1. The lowest BCUT2D eigenvalue weighted by molar-refractivity contribution is -0.118. The molecule has 0 radical (unpaired) electrons. The van der Waals surface area contributed by atoms with Crippen molar-refractivity contribution in [1.82, 2.24) is 0 Å². The molecule has 0 atom stereocenters. The summed E-state index contributed by atoms with van der Waals surface area (Å²) in [7, 11) is 1.65. The molecule has 6 heteroatoms. The average Bonchev–Trinajstić information content (AvgIpc) is 2.68. The van der Waals surface area contributed by atoms with Crippen LogP contribution in [0.5, 0.6) is 5.75 Å². The number of ether oxygens (including phenoxy) is 2. The van der Waals surface area contributed by atoms with E-state index in [0.29, 0.717) is 16.9 Å². The molecule has 1 aliphatic heterocycles. The molecule has 1 heterocycles. The first-order valence-electron chi connectivity index (χ1n) is 8.58. The van der Waals surface area contributed by atoms with Crippen molar-refractivity contribution in [2.45, 2.75) is 17.6 Å². The molecule has 2 aromatic rings. The Bertz CT molecular complexity index is 715. The van der Waals surface area contributed by atoms with Crippen LogP contribution in [0.3, 0.4) is 0 Å². The second-order valence-corrected chi connectivity index (χ2v) is 8.69. The van der Waals surface area contributed by atoms with Gasteiger partial charge in [-0.3, -0.25) is 4.79 Å². The fourth-order valence-electron chi connectivity index (χ4n) is 2.65. The summed E-state index contributed by atoms with van der Waals surface area (Å²) in [6, 6.07) is 15.7. The fraction of sp³-hybridized carbons (Fsp3) is 0.350. The van der Waals surface area contributed by atoms with E-state index < -0.39 is 0 Å². The van der Waals surface area contributed by atoms with Gasteiger partial charge in [0.05, 0.1) is 11.2 Å². The minimum Gasteiger partial charge on any atom is -0.484 e. The predicted molar refractivity (Wildman–Crippen MR) is 110 cm³/mol. The van der Waals surface area contributed by atoms with E-state index in [0.717, 1.165) is 11.3 Å². The van der Waals surface area contributed by atoms with Gasteiger partial charge in [-0.05, 0) is 53.3 Å². The maximum Gasteiger partial charge on any atom is 0.262 e. The molecule has 2 aromatic carbocycles. The van der Waals surface area contributed by atoms with Gasteiger partial charge in [0, 0.05) is 12.8 Å². The summed E-state index contributed by atoms with van der Waals surface area (Å²) in [5.41, 5.74) is 3.07. The van der Waals surface area contributed by atoms with E-state index in [1.807, 2.05) is 59.9 Å². The molecule has 0 saturated carbocycles. The van der Waals surface area contributed by atoms with Gasteiger partial charge in [-0.1, -0.05) is 24.3 Å². The Hall–Kier alpha value is -1.63. The van der Waals surface area contributed by atoms with Gasteiger partial charge in [-0.25, -0.2) is 0 Å². The highest BCUT2D eigenvalue weighted by atomic mass is 32.2. The van der Waals surface area contributed by atoms with Crippen LogP contribution in [0.2, 0.25) is 0 Å². The van der Waals surface area contributed by atoms with Gasteiger partial charge in [0.15, 0.2) is 6.61 Å². The van der Waals surface area contributed by atoms with Gasteiger partial charge in [-0.15, -0.1) is 23.5 Å². The van der Waals surface area contributed by atoms with Crippen molar-refractivity contribution in [1.29, 1.82) is 0 Å². The Morgan fingerprint density at radius 3 is 2.65 bits per heavy atom. The number of hydrogen-bond donors (Lipinski definition) is 1. The average molecular weight is 390 g/mol. The molecule has 0 spiro atoms. The van der Waals surface area contributed by atoms with Crippen LogP contribution in [-0.2, 0) is 16.1 Å². The maximum absolute atomic E-state index is 12.1. The molecule has 0 unspecified atom stereocenters. The van der Waals surface area contributed by atoms with Crippen molar-refractivity contribution in [2.24, 2.45) is 0 Å². The van der Waals surface area contributed by atoms with E-state index in [1.54, 1.807) is 7.11 Å². The SMILES string of the molecule is COCc1cccc(NC(=O)COc2ccc(C3SCCCS3)cc2)c1. The molecular formula is C20H23NO3S2. The summed E-state index contributed by atoms with van der Waals surface area (Å²) in [5, 5.41) is 2.85. The van der Waals surface area contributed by atoms with Crippen LogP contribution in [0.1, 0.15) is 22.1 Å². The van der Waals surface area contributed by atoms with Gasteiger partial charge in [0.25, 0.3) is 5.91 Å². The van der Waals surface area contributed by atoms with Gasteiger partial charge in [-0.2, -0.15) is 0 Å². The highest BCUT2D eigenvalue weighted by Crippen LogP contribution is 2.43. The number of carbonyl (C=O) groups is 1. The third-order valence-electron chi connectivity index (χ3n) is 3.87. The number of thioether (sulfide) groups is 2. The Balaban J connectivity index is 1.48. The first-order valence-corrected chi connectivity index (χ1v) is 10.7. The molecule has 0 bridgehead atoms. The molecule has 4 nitrogen and oxygen atoms in total. The molecule has 26 heavy (non-hydrogen) atoms. The molecule has 3 rings (SSSR count). The van der Waals surface area contributed by atoms with Gasteiger partial charge >= 0.3 is 0 Å². The lowest BCUT2D eigenvalue weighted by atomic mass is 10.2. The molecule has 1 saturated heterocycles. The first-order chi connectivity index (χ1) is 12.7. The summed E-state index contributed by atoms with van der Waals surface area (Å²) >= 11 is 3.99. The molecule has 0 aliphatic carbocycles. The molecule has 0 aromatic heterocycles. The highest BCUT2D eigenvalue weighted by Gasteiger charge is 2.16. The number of anilines is 1. The topological polar surface area (TPSA) is 47.6 Å². The lowest BCUT2D eigenvalue weighted by Gasteiger charge is -2.21. The van der Waals surface area contributed by atoms with Gasteiger partial charge in [0.1, 0.15) is 5.75 Å². The number of methoxy groups -OCH3 is 1. The van der Waals surface area contributed by atoms with Crippen molar-refractivity contribution >= 4 is 35.1 Å².